The summed E-state index contributed by atoms with van der Waals surface area (Å²) in [6, 6.07) is 15.3. The van der Waals surface area contributed by atoms with Crippen LogP contribution in [-0.4, -0.2) is 31.1 Å². The Morgan fingerprint density at radius 1 is 0.875 bits per heavy atom. The van der Waals surface area contributed by atoms with Crippen molar-refractivity contribution < 1.29 is 13.2 Å². The molecule has 0 unspecified atom stereocenters. The highest BCUT2D eigenvalue weighted by Crippen LogP contribution is 2.34. The van der Waals surface area contributed by atoms with E-state index in [1.807, 2.05) is 30.3 Å². The second-order valence-electron chi connectivity index (χ2n) is 6.08. The Kier molecular flexibility index (Phi) is 5.21. The van der Waals surface area contributed by atoms with E-state index in [4.69, 9.17) is 0 Å². The van der Waals surface area contributed by atoms with E-state index in [1.54, 1.807) is 6.07 Å². The third kappa shape index (κ3) is 3.97. The molecule has 5 heteroatoms. The molecule has 0 saturated carbocycles. The zero-order valence-electron chi connectivity index (χ0n) is 13.4. The van der Waals surface area contributed by atoms with Gasteiger partial charge in [-0.05, 0) is 36.2 Å². The number of rotatable bonds is 3. The minimum Gasteiger partial charge on any atom is -0.315 e. The standard InChI is InChI=1S/C19H21F3N2/c20-19(21,22)17-9-4-8-16(14-17)18(15-6-2-1-3-7-15)24-12-5-10-23-11-13-24/h1-4,6-9,14,18,23H,5,10-13H2/t18-/m1/s1. The number of halogens is 3. The molecule has 0 amide bonds. The summed E-state index contributed by atoms with van der Waals surface area (Å²) >= 11 is 0. The van der Waals surface area contributed by atoms with Crippen molar-refractivity contribution in [1.82, 2.24) is 10.2 Å². The van der Waals surface area contributed by atoms with Crippen molar-refractivity contribution in [2.75, 3.05) is 26.2 Å². The number of hydrogen-bond acceptors (Lipinski definition) is 2. The van der Waals surface area contributed by atoms with E-state index in [0.29, 0.717) is 5.56 Å². The van der Waals surface area contributed by atoms with Gasteiger partial charge in [0.05, 0.1) is 11.6 Å². The number of nitrogens with one attached hydrogen (secondary N) is 1. The minimum atomic E-state index is -4.32. The molecule has 128 valence electrons. The van der Waals surface area contributed by atoms with Crippen molar-refractivity contribution in [1.29, 1.82) is 0 Å². The van der Waals surface area contributed by atoms with Crippen molar-refractivity contribution in [3.63, 3.8) is 0 Å². The molecule has 1 saturated heterocycles. The molecule has 1 N–H and O–H groups in total. The summed E-state index contributed by atoms with van der Waals surface area (Å²) in [5, 5.41) is 3.35. The van der Waals surface area contributed by atoms with Gasteiger partial charge in [-0.2, -0.15) is 13.2 Å². The SMILES string of the molecule is FC(F)(F)c1cccc([C@@H](c2ccccc2)N2CCCNCC2)c1. The Hall–Kier alpha value is -1.85. The summed E-state index contributed by atoms with van der Waals surface area (Å²) < 4.78 is 39.4. The minimum absolute atomic E-state index is 0.159. The lowest BCUT2D eigenvalue weighted by atomic mass is 9.95. The highest BCUT2D eigenvalue weighted by atomic mass is 19.4. The fourth-order valence-corrected chi connectivity index (χ4v) is 3.26. The molecule has 1 atom stereocenters. The third-order valence-electron chi connectivity index (χ3n) is 4.38. The van der Waals surface area contributed by atoms with E-state index in [2.05, 4.69) is 10.2 Å². The molecule has 24 heavy (non-hydrogen) atoms. The van der Waals surface area contributed by atoms with Crippen LogP contribution in [-0.2, 0) is 6.18 Å². The largest absolute Gasteiger partial charge is 0.416 e. The maximum Gasteiger partial charge on any atom is 0.416 e. The average Bonchev–Trinajstić information content (AvgIpc) is 2.85. The molecular formula is C19H21F3N2. The normalized spacial score (nSPS) is 18.1. The van der Waals surface area contributed by atoms with E-state index < -0.39 is 11.7 Å². The summed E-state index contributed by atoms with van der Waals surface area (Å²) in [5.74, 6) is 0. The van der Waals surface area contributed by atoms with E-state index >= 15 is 0 Å². The van der Waals surface area contributed by atoms with Crippen LogP contribution in [0.4, 0.5) is 13.2 Å². The van der Waals surface area contributed by atoms with Crippen LogP contribution in [0, 0.1) is 0 Å². The molecule has 0 bridgehead atoms. The Balaban J connectivity index is 2.01. The predicted molar refractivity (Wildman–Crippen MR) is 88.8 cm³/mol. The van der Waals surface area contributed by atoms with Gasteiger partial charge in [-0.25, -0.2) is 0 Å². The van der Waals surface area contributed by atoms with Crippen molar-refractivity contribution in [2.24, 2.45) is 0 Å². The van der Waals surface area contributed by atoms with Crippen LogP contribution in [0.25, 0.3) is 0 Å². The predicted octanol–water partition coefficient (Wildman–Crippen LogP) is 4.09. The molecule has 0 radical (unpaired) electrons. The van der Waals surface area contributed by atoms with Crippen LogP contribution in [0.15, 0.2) is 54.6 Å². The van der Waals surface area contributed by atoms with Gasteiger partial charge in [-0.15, -0.1) is 0 Å². The van der Waals surface area contributed by atoms with Gasteiger partial charge in [0.1, 0.15) is 0 Å². The monoisotopic (exact) mass is 334 g/mol. The van der Waals surface area contributed by atoms with E-state index in [9.17, 15) is 13.2 Å². The van der Waals surface area contributed by atoms with Gasteiger partial charge in [-0.3, -0.25) is 4.90 Å². The Bertz CT molecular complexity index is 647. The van der Waals surface area contributed by atoms with Gasteiger partial charge in [0.2, 0.25) is 0 Å². The highest BCUT2D eigenvalue weighted by Gasteiger charge is 2.32. The van der Waals surface area contributed by atoms with Crippen LogP contribution in [0.5, 0.6) is 0 Å². The zero-order valence-corrected chi connectivity index (χ0v) is 13.4. The third-order valence-corrected chi connectivity index (χ3v) is 4.38. The van der Waals surface area contributed by atoms with Crippen molar-refractivity contribution >= 4 is 0 Å². The first-order valence-electron chi connectivity index (χ1n) is 8.22. The van der Waals surface area contributed by atoms with Crippen molar-refractivity contribution in [2.45, 2.75) is 18.6 Å². The molecular weight excluding hydrogens is 313 g/mol. The van der Waals surface area contributed by atoms with Crippen molar-refractivity contribution in [3.05, 3.63) is 71.3 Å². The number of nitrogens with zero attached hydrogens (tertiary/aromatic N) is 1. The smallest absolute Gasteiger partial charge is 0.315 e. The molecule has 1 heterocycles. The van der Waals surface area contributed by atoms with Crippen LogP contribution in [0.3, 0.4) is 0 Å². The second-order valence-corrected chi connectivity index (χ2v) is 6.08. The van der Waals surface area contributed by atoms with Crippen LogP contribution in [0.1, 0.15) is 29.2 Å². The molecule has 1 aliphatic rings. The summed E-state index contributed by atoms with van der Waals surface area (Å²) in [4.78, 5) is 2.27. The molecule has 0 aromatic heterocycles. The summed E-state index contributed by atoms with van der Waals surface area (Å²) in [5.41, 5.74) is 1.13. The lowest BCUT2D eigenvalue weighted by Crippen LogP contribution is -2.33. The summed E-state index contributed by atoms with van der Waals surface area (Å²) in [7, 11) is 0. The first kappa shape index (κ1) is 17.0. The zero-order chi connectivity index (χ0) is 17.0. The molecule has 0 spiro atoms. The quantitative estimate of drug-likeness (QED) is 0.909. The van der Waals surface area contributed by atoms with Gasteiger partial charge >= 0.3 is 6.18 Å². The van der Waals surface area contributed by atoms with Gasteiger partial charge < -0.3 is 5.32 Å². The Morgan fingerprint density at radius 3 is 2.38 bits per heavy atom. The maximum absolute atomic E-state index is 13.1. The Labute approximate surface area is 140 Å². The molecule has 2 aromatic carbocycles. The molecule has 2 aromatic rings. The van der Waals surface area contributed by atoms with Gasteiger partial charge in [-0.1, -0.05) is 42.5 Å². The number of hydrogen-bond donors (Lipinski definition) is 1. The molecule has 1 aliphatic heterocycles. The second kappa shape index (κ2) is 7.36. The van der Waals surface area contributed by atoms with E-state index in [-0.39, 0.29) is 6.04 Å². The number of benzene rings is 2. The van der Waals surface area contributed by atoms with E-state index in [1.165, 1.54) is 12.1 Å². The molecule has 2 nitrogen and oxygen atoms in total. The Morgan fingerprint density at radius 2 is 1.62 bits per heavy atom. The molecule has 0 aliphatic carbocycles. The maximum atomic E-state index is 13.1. The summed E-state index contributed by atoms with van der Waals surface area (Å²) in [6.07, 6.45) is -3.33. The molecule has 3 rings (SSSR count). The van der Waals surface area contributed by atoms with Gasteiger partial charge in [0.25, 0.3) is 0 Å². The average molecular weight is 334 g/mol. The molecule has 1 fully saturated rings. The highest BCUT2D eigenvalue weighted by molar-refractivity contribution is 5.35. The van der Waals surface area contributed by atoms with E-state index in [0.717, 1.165) is 44.2 Å². The van der Waals surface area contributed by atoms with Crippen LogP contribution < -0.4 is 5.32 Å². The lowest BCUT2D eigenvalue weighted by Gasteiger charge is -2.31. The first-order valence-corrected chi connectivity index (χ1v) is 8.22. The topological polar surface area (TPSA) is 15.3 Å². The van der Waals surface area contributed by atoms with Crippen LogP contribution >= 0.6 is 0 Å². The number of alkyl halides is 3. The summed E-state index contributed by atoms with van der Waals surface area (Å²) in [6.45, 7) is 3.47. The van der Waals surface area contributed by atoms with Crippen molar-refractivity contribution in [3.8, 4) is 0 Å². The first-order chi connectivity index (χ1) is 11.6. The lowest BCUT2D eigenvalue weighted by molar-refractivity contribution is -0.137. The van der Waals surface area contributed by atoms with Crippen LogP contribution in [0.2, 0.25) is 0 Å². The fraction of sp³-hybridized carbons (Fsp3) is 0.368. The van der Waals surface area contributed by atoms with Gasteiger partial charge in [0.15, 0.2) is 0 Å². The van der Waals surface area contributed by atoms with Gasteiger partial charge in [0, 0.05) is 19.6 Å². The fourth-order valence-electron chi connectivity index (χ4n) is 3.26.